The molecule has 6 bridgehead atoms. The zero-order valence-corrected chi connectivity index (χ0v) is 23.6. The number of imidazole rings is 1. The van der Waals surface area contributed by atoms with Gasteiger partial charge >= 0.3 is 5.97 Å². The van der Waals surface area contributed by atoms with E-state index in [0.29, 0.717) is 40.7 Å². The number of halogens is 1. The van der Waals surface area contributed by atoms with Gasteiger partial charge in [0.25, 0.3) is 0 Å². The van der Waals surface area contributed by atoms with Gasteiger partial charge in [-0.05, 0) is 73.2 Å². The number of fused-ring (bicyclic) bond motifs is 8. The molecule has 0 aliphatic carbocycles. The molecule has 0 radical (unpaired) electrons. The summed E-state index contributed by atoms with van der Waals surface area (Å²) in [6, 6.07) is 19.1. The van der Waals surface area contributed by atoms with Crippen molar-refractivity contribution in [1.29, 1.82) is 0 Å². The largest absolute Gasteiger partial charge is 0.494 e. The summed E-state index contributed by atoms with van der Waals surface area (Å²) >= 11 is 6.46. The third-order valence-electron chi connectivity index (χ3n) is 7.54. The van der Waals surface area contributed by atoms with Crippen molar-refractivity contribution >= 4 is 28.6 Å². The molecule has 4 heterocycles. The zero-order chi connectivity index (χ0) is 28.5. The highest BCUT2D eigenvalue weighted by atomic mass is 35.5. The molecule has 1 aliphatic heterocycles. The lowest BCUT2D eigenvalue weighted by Crippen LogP contribution is -2.04. The number of aromatic carboxylic acids is 1. The number of methoxy groups -OCH3 is 1. The molecule has 2 aromatic carbocycles. The Hall–Kier alpha value is -4.43. The standard InChI is InChI=1S/C32H29ClN4O4/c1-37-27-15-22(32(38)39)16-28(40-2)31(27)36-29(37)17-20-10-11-21-14-19(20)6-3-4-7-26-24(33)13-12-23(34-26)18-41-30-9-5-8-25(21)35-30/h5,8-16H,3-4,6-7,17-18H2,1-2H3,(H,38,39). The van der Waals surface area contributed by atoms with Crippen LogP contribution in [0.25, 0.3) is 22.3 Å². The Morgan fingerprint density at radius 2 is 1.90 bits per heavy atom. The Balaban J connectivity index is 1.38. The molecule has 1 N–H and O–H groups in total. The molecule has 0 spiro atoms. The number of aryl methyl sites for hydroxylation is 3. The lowest BCUT2D eigenvalue weighted by atomic mass is 9.95. The van der Waals surface area contributed by atoms with Crippen LogP contribution in [0.1, 0.15) is 51.5 Å². The monoisotopic (exact) mass is 568 g/mol. The highest BCUT2D eigenvalue weighted by Crippen LogP contribution is 2.31. The van der Waals surface area contributed by atoms with Gasteiger partial charge in [0.15, 0.2) is 0 Å². The number of nitrogens with zero attached hydrogens (tertiary/aromatic N) is 4. The second-order valence-electron chi connectivity index (χ2n) is 10.2. The molecule has 0 amide bonds. The molecule has 3 aromatic heterocycles. The molecule has 0 unspecified atom stereocenters. The number of hydrogen-bond acceptors (Lipinski definition) is 6. The van der Waals surface area contributed by atoms with Crippen LogP contribution in [0.2, 0.25) is 5.02 Å². The maximum absolute atomic E-state index is 11.7. The van der Waals surface area contributed by atoms with Crippen molar-refractivity contribution in [3.63, 3.8) is 0 Å². The summed E-state index contributed by atoms with van der Waals surface area (Å²) in [6.07, 6.45) is 4.13. The number of ether oxygens (including phenoxy) is 2. The van der Waals surface area contributed by atoms with Crippen molar-refractivity contribution in [2.24, 2.45) is 7.05 Å². The molecule has 5 aromatic rings. The third-order valence-corrected chi connectivity index (χ3v) is 7.88. The van der Waals surface area contributed by atoms with E-state index in [-0.39, 0.29) is 5.56 Å². The van der Waals surface area contributed by atoms with Crippen LogP contribution < -0.4 is 9.47 Å². The number of carboxylic acid groups (broad SMARTS) is 1. The summed E-state index contributed by atoms with van der Waals surface area (Å²) in [5.41, 5.74) is 7.45. The second kappa shape index (κ2) is 11.2. The van der Waals surface area contributed by atoms with Crippen LogP contribution in [0.4, 0.5) is 0 Å². The van der Waals surface area contributed by atoms with E-state index < -0.39 is 5.97 Å². The van der Waals surface area contributed by atoms with E-state index in [0.717, 1.165) is 59.7 Å². The third kappa shape index (κ3) is 5.47. The summed E-state index contributed by atoms with van der Waals surface area (Å²) in [6.45, 7) is 0.321. The first-order chi connectivity index (χ1) is 19.9. The number of carbonyl (C=O) groups is 1. The fourth-order valence-corrected chi connectivity index (χ4v) is 5.50. The van der Waals surface area contributed by atoms with Crippen molar-refractivity contribution in [2.45, 2.75) is 38.7 Å². The summed E-state index contributed by atoms with van der Waals surface area (Å²) in [7, 11) is 3.44. The van der Waals surface area contributed by atoms with Crippen LogP contribution in [0, 0.1) is 0 Å². The fraction of sp³-hybridized carbons (Fsp3) is 0.250. The maximum Gasteiger partial charge on any atom is 0.335 e. The number of benzene rings is 2. The lowest BCUT2D eigenvalue weighted by molar-refractivity contribution is 0.0696. The topological polar surface area (TPSA) is 99.4 Å². The average Bonchev–Trinajstić information content (AvgIpc) is 3.29. The minimum absolute atomic E-state index is 0.164. The molecular weight excluding hydrogens is 540 g/mol. The SMILES string of the molecule is COc1cc(C(=O)O)cc2c1nc(Cc1ccc3cc1CCCCc1nc(ccc1Cl)COc1cccc-3n1)n2C. The number of pyridine rings is 2. The Bertz CT molecular complexity index is 1780. The van der Waals surface area contributed by atoms with Gasteiger partial charge in [0.2, 0.25) is 5.88 Å². The summed E-state index contributed by atoms with van der Waals surface area (Å²) in [5, 5.41) is 10.2. The normalized spacial score (nSPS) is 13.2. The number of aromatic nitrogens is 4. The molecule has 8 nitrogen and oxygen atoms in total. The van der Waals surface area contributed by atoms with Gasteiger partial charge in [-0.1, -0.05) is 29.8 Å². The molecule has 0 saturated carbocycles. The molecule has 0 fully saturated rings. The van der Waals surface area contributed by atoms with Crippen molar-refractivity contribution < 1.29 is 19.4 Å². The van der Waals surface area contributed by atoms with Gasteiger partial charge < -0.3 is 19.1 Å². The van der Waals surface area contributed by atoms with Crippen LogP contribution in [0.15, 0.2) is 60.7 Å². The molecule has 208 valence electrons. The summed E-state index contributed by atoms with van der Waals surface area (Å²) in [4.78, 5) is 26.1. The Labute approximate surface area is 242 Å². The minimum Gasteiger partial charge on any atom is -0.494 e. The van der Waals surface area contributed by atoms with E-state index >= 15 is 0 Å². The van der Waals surface area contributed by atoms with Gasteiger partial charge in [0, 0.05) is 25.1 Å². The molecule has 9 heteroatoms. The van der Waals surface area contributed by atoms with Crippen LogP contribution >= 0.6 is 11.6 Å². The predicted molar refractivity (Wildman–Crippen MR) is 157 cm³/mol. The van der Waals surface area contributed by atoms with E-state index in [1.807, 2.05) is 41.9 Å². The maximum atomic E-state index is 11.7. The second-order valence-corrected chi connectivity index (χ2v) is 10.6. The Morgan fingerprint density at radius 3 is 2.73 bits per heavy atom. The Morgan fingerprint density at radius 1 is 1.05 bits per heavy atom. The Kier molecular flexibility index (Phi) is 7.32. The fourth-order valence-electron chi connectivity index (χ4n) is 5.30. The van der Waals surface area contributed by atoms with E-state index in [1.54, 1.807) is 6.07 Å². The smallest absolute Gasteiger partial charge is 0.335 e. The van der Waals surface area contributed by atoms with Crippen LogP contribution in [-0.4, -0.2) is 37.7 Å². The molecule has 6 rings (SSSR count). The van der Waals surface area contributed by atoms with E-state index in [2.05, 4.69) is 18.2 Å². The zero-order valence-electron chi connectivity index (χ0n) is 22.9. The van der Waals surface area contributed by atoms with Gasteiger partial charge in [0.05, 0.1) is 40.3 Å². The van der Waals surface area contributed by atoms with Crippen molar-refractivity contribution in [3.05, 3.63) is 99.6 Å². The first-order valence-corrected chi connectivity index (χ1v) is 13.9. The first-order valence-electron chi connectivity index (χ1n) is 13.5. The van der Waals surface area contributed by atoms with Gasteiger partial charge in [0.1, 0.15) is 23.7 Å². The van der Waals surface area contributed by atoms with Gasteiger partial charge in [-0.3, -0.25) is 4.98 Å². The predicted octanol–water partition coefficient (Wildman–Crippen LogP) is 6.44. The molecule has 1 aliphatic rings. The summed E-state index contributed by atoms with van der Waals surface area (Å²) in [5.74, 6) is 0.796. The van der Waals surface area contributed by atoms with Crippen LogP contribution in [0.3, 0.4) is 0 Å². The molecule has 0 atom stereocenters. The van der Waals surface area contributed by atoms with Crippen molar-refractivity contribution in [2.75, 3.05) is 7.11 Å². The summed E-state index contributed by atoms with van der Waals surface area (Å²) < 4.78 is 13.4. The average molecular weight is 569 g/mol. The highest BCUT2D eigenvalue weighted by molar-refractivity contribution is 6.31. The van der Waals surface area contributed by atoms with E-state index in [4.69, 9.17) is 36.0 Å². The van der Waals surface area contributed by atoms with Crippen LogP contribution in [0.5, 0.6) is 11.6 Å². The van der Waals surface area contributed by atoms with Gasteiger partial charge in [-0.25, -0.2) is 14.8 Å². The van der Waals surface area contributed by atoms with Gasteiger partial charge in [-0.2, -0.15) is 0 Å². The van der Waals surface area contributed by atoms with Gasteiger partial charge in [-0.15, -0.1) is 0 Å². The number of rotatable bonds is 4. The number of carboxylic acids is 1. The quantitative estimate of drug-likeness (QED) is 0.266. The van der Waals surface area contributed by atoms with E-state index in [1.165, 1.54) is 18.7 Å². The molecular formula is C32H29ClN4O4. The highest BCUT2D eigenvalue weighted by Gasteiger charge is 2.18. The minimum atomic E-state index is -1.01. The van der Waals surface area contributed by atoms with E-state index in [9.17, 15) is 9.90 Å². The number of hydrogen-bond donors (Lipinski definition) is 1. The van der Waals surface area contributed by atoms with Crippen molar-refractivity contribution in [1.82, 2.24) is 19.5 Å². The lowest BCUT2D eigenvalue weighted by Gasteiger charge is -2.13. The molecule has 0 saturated heterocycles. The first kappa shape index (κ1) is 26.8. The molecule has 41 heavy (non-hydrogen) atoms. The van der Waals surface area contributed by atoms with Crippen molar-refractivity contribution in [3.8, 4) is 22.9 Å². The van der Waals surface area contributed by atoms with Crippen LogP contribution in [-0.2, 0) is 32.9 Å².